The van der Waals surface area contributed by atoms with Crippen LogP contribution in [0.5, 0.6) is 0 Å². The monoisotopic (exact) mass is 156 g/mol. The molecule has 54 valence electrons. The minimum atomic E-state index is 0.634. The van der Waals surface area contributed by atoms with Gasteiger partial charge in [0.25, 0.3) is 0 Å². The average Bonchev–Trinajstić information content (AvgIpc) is 2.40. The molecule has 4 heteroatoms. The number of hydrogen-bond acceptors (Lipinski definition) is 4. The molecule has 0 saturated heterocycles. The summed E-state index contributed by atoms with van der Waals surface area (Å²) in [5, 5.41) is 2.61. The molecule has 1 rings (SSSR count). The Labute approximate surface area is 63.4 Å². The highest BCUT2D eigenvalue weighted by Crippen LogP contribution is 2.14. The van der Waals surface area contributed by atoms with E-state index in [1.165, 1.54) is 11.3 Å². The number of methoxy groups -OCH3 is 1. The molecule has 0 aromatic carbocycles. The van der Waals surface area contributed by atoms with E-state index in [0.29, 0.717) is 5.90 Å². The molecule has 0 N–H and O–H groups in total. The van der Waals surface area contributed by atoms with Crippen LogP contribution < -0.4 is 0 Å². The van der Waals surface area contributed by atoms with E-state index >= 15 is 0 Å². The molecule has 0 fully saturated rings. The van der Waals surface area contributed by atoms with Gasteiger partial charge in [0.15, 0.2) is 5.90 Å². The highest BCUT2D eigenvalue weighted by Gasteiger charge is 1.91. The zero-order valence-electron chi connectivity index (χ0n) is 5.87. The number of nitrogens with zero attached hydrogens (tertiary/aromatic N) is 2. The van der Waals surface area contributed by atoms with Crippen LogP contribution in [0.15, 0.2) is 16.6 Å². The van der Waals surface area contributed by atoms with Gasteiger partial charge in [0.2, 0.25) is 5.13 Å². The van der Waals surface area contributed by atoms with Crippen LogP contribution in [-0.4, -0.2) is 18.0 Å². The summed E-state index contributed by atoms with van der Waals surface area (Å²) in [5.41, 5.74) is 0. The van der Waals surface area contributed by atoms with E-state index in [-0.39, 0.29) is 0 Å². The molecular formula is C6H8N2OS. The number of aliphatic imine (C=N–C) groups is 1. The fourth-order valence-corrected chi connectivity index (χ4v) is 0.998. The first-order valence-electron chi connectivity index (χ1n) is 2.81. The van der Waals surface area contributed by atoms with Crippen molar-refractivity contribution in [2.75, 3.05) is 7.11 Å². The van der Waals surface area contributed by atoms with Gasteiger partial charge in [0.1, 0.15) is 0 Å². The Bertz CT molecular complexity index is 218. The Morgan fingerprint density at radius 1 is 1.80 bits per heavy atom. The summed E-state index contributed by atoms with van der Waals surface area (Å²) >= 11 is 1.49. The van der Waals surface area contributed by atoms with Crippen LogP contribution in [-0.2, 0) is 4.74 Å². The van der Waals surface area contributed by atoms with Crippen molar-refractivity contribution in [1.82, 2.24) is 4.98 Å². The molecule has 1 aromatic rings. The van der Waals surface area contributed by atoms with E-state index in [0.717, 1.165) is 5.13 Å². The van der Waals surface area contributed by atoms with Crippen molar-refractivity contribution < 1.29 is 4.74 Å². The zero-order valence-corrected chi connectivity index (χ0v) is 6.68. The first kappa shape index (κ1) is 7.21. The van der Waals surface area contributed by atoms with Crippen LogP contribution in [0, 0.1) is 0 Å². The molecule has 0 unspecified atom stereocenters. The van der Waals surface area contributed by atoms with Gasteiger partial charge in [-0.15, -0.1) is 11.3 Å². The minimum Gasteiger partial charge on any atom is -0.484 e. The lowest BCUT2D eigenvalue weighted by atomic mass is 10.8. The van der Waals surface area contributed by atoms with Gasteiger partial charge in [-0.25, -0.2) is 4.98 Å². The zero-order chi connectivity index (χ0) is 7.40. The normalized spacial score (nSPS) is 11.6. The van der Waals surface area contributed by atoms with Crippen molar-refractivity contribution in [3.63, 3.8) is 0 Å². The lowest BCUT2D eigenvalue weighted by molar-refractivity contribution is 0.400. The highest BCUT2D eigenvalue weighted by atomic mass is 32.1. The summed E-state index contributed by atoms with van der Waals surface area (Å²) in [7, 11) is 1.59. The van der Waals surface area contributed by atoms with Gasteiger partial charge >= 0.3 is 0 Å². The fraction of sp³-hybridized carbons (Fsp3) is 0.333. The van der Waals surface area contributed by atoms with E-state index in [2.05, 4.69) is 9.98 Å². The fourth-order valence-electron chi connectivity index (χ4n) is 0.451. The van der Waals surface area contributed by atoms with Crippen LogP contribution in [0.1, 0.15) is 6.92 Å². The maximum absolute atomic E-state index is 4.84. The van der Waals surface area contributed by atoms with Gasteiger partial charge in [-0.2, -0.15) is 4.99 Å². The van der Waals surface area contributed by atoms with Crippen LogP contribution in [0.3, 0.4) is 0 Å². The Hall–Kier alpha value is -0.900. The molecule has 0 amide bonds. The third kappa shape index (κ3) is 1.80. The molecule has 0 bridgehead atoms. The number of rotatable bonds is 1. The molecule has 1 aromatic heterocycles. The third-order valence-electron chi connectivity index (χ3n) is 0.968. The van der Waals surface area contributed by atoms with Gasteiger partial charge in [-0.1, -0.05) is 0 Å². The predicted molar refractivity (Wildman–Crippen MR) is 41.9 cm³/mol. The Morgan fingerprint density at radius 3 is 3.10 bits per heavy atom. The summed E-state index contributed by atoms with van der Waals surface area (Å²) in [6.07, 6.45) is 1.71. The number of ether oxygens (including phenoxy) is 1. The predicted octanol–water partition coefficient (Wildman–Crippen LogP) is 1.84. The molecule has 0 spiro atoms. The SMILES string of the molecule is COC(C)=Nc1nccs1. The molecular weight excluding hydrogens is 148 g/mol. The van der Waals surface area contributed by atoms with Gasteiger partial charge < -0.3 is 4.74 Å². The van der Waals surface area contributed by atoms with Crippen LogP contribution >= 0.6 is 11.3 Å². The largest absolute Gasteiger partial charge is 0.484 e. The van der Waals surface area contributed by atoms with Crippen molar-refractivity contribution in [1.29, 1.82) is 0 Å². The third-order valence-corrected chi connectivity index (χ3v) is 1.63. The van der Waals surface area contributed by atoms with E-state index in [1.54, 1.807) is 20.2 Å². The second-order valence-electron chi connectivity index (χ2n) is 1.65. The number of hydrogen-bond donors (Lipinski definition) is 0. The molecule has 3 nitrogen and oxygen atoms in total. The first-order chi connectivity index (χ1) is 4.83. The standard InChI is InChI=1S/C6H8N2OS/c1-5(9-2)8-6-7-3-4-10-6/h3-4H,1-2H3. The molecule has 0 aliphatic carbocycles. The minimum absolute atomic E-state index is 0.634. The quantitative estimate of drug-likeness (QED) is 0.459. The summed E-state index contributed by atoms with van der Waals surface area (Å²) < 4.78 is 4.84. The Kier molecular flexibility index (Phi) is 2.39. The molecule has 1 heterocycles. The first-order valence-corrected chi connectivity index (χ1v) is 3.69. The van der Waals surface area contributed by atoms with Gasteiger partial charge in [0, 0.05) is 18.5 Å². The van der Waals surface area contributed by atoms with Crippen LogP contribution in [0.4, 0.5) is 5.13 Å². The molecule has 0 radical (unpaired) electrons. The Morgan fingerprint density at radius 2 is 2.60 bits per heavy atom. The maximum atomic E-state index is 4.84. The lowest BCUT2D eigenvalue weighted by Gasteiger charge is -1.92. The van der Waals surface area contributed by atoms with E-state index in [1.807, 2.05) is 5.38 Å². The molecule has 0 atom stereocenters. The summed E-state index contributed by atoms with van der Waals surface area (Å²) in [4.78, 5) is 7.99. The van der Waals surface area contributed by atoms with Gasteiger partial charge in [-0.05, 0) is 0 Å². The van der Waals surface area contributed by atoms with E-state index < -0.39 is 0 Å². The van der Waals surface area contributed by atoms with Crippen LogP contribution in [0.25, 0.3) is 0 Å². The van der Waals surface area contributed by atoms with Crippen molar-refractivity contribution in [3.8, 4) is 0 Å². The molecule has 0 aliphatic rings. The summed E-state index contributed by atoms with van der Waals surface area (Å²) in [6, 6.07) is 0. The topological polar surface area (TPSA) is 34.5 Å². The molecule has 0 saturated carbocycles. The second kappa shape index (κ2) is 3.31. The lowest BCUT2D eigenvalue weighted by Crippen LogP contribution is -1.91. The van der Waals surface area contributed by atoms with Crippen LogP contribution in [0.2, 0.25) is 0 Å². The number of aromatic nitrogens is 1. The van der Waals surface area contributed by atoms with Crippen molar-refractivity contribution in [2.45, 2.75) is 6.92 Å². The number of thiazole rings is 1. The van der Waals surface area contributed by atoms with Gasteiger partial charge in [0.05, 0.1) is 7.11 Å². The van der Waals surface area contributed by atoms with Crippen molar-refractivity contribution in [2.24, 2.45) is 4.99 Å². The summed E-state index contributed by atoms with van der Waals surface area (Å²) in [6.45, 7) is 1.79. The summed E-state index contributed by atoms with van der Waals surface area (Å²) in [5.74, 6) is 0.634. The van der Waals surface area contributed by atoms with Crippen molar-refractivity contribution in [3.05, 3.63) is 11.6 Å². The van der Waals surface area contributed by atoms with E-state index in [4.69, 9.17) is 4.74 Å². The van der Waals surface area contributed by atoms with Crippen molar-refractivity contribution >= 4 is 22.4 Å². The average molecular weight is 156 g/mol. The smallest absolute Gasteiger partial charge is 0.212 e. The maximum Gasteiger partial charge on any atom is 0.212 e. The molecule has 10 heavy (non-hydrogen) atoms. The second-order valence-corrected chi connectivity index (χ2v) is 2.52. The Balaban J connectivity index is 2.71. The van der Waals surface area contributed by atoms with E-state index in [9.17, 15) is 0 Å². The van der Waals surface area contributed by atoms with Gasteiger partial charge in [-0.3, -0.25) is 0 Å². The highest BCUT2D eigenvalue weighted by molar-refractivity contribution is 7.13. The molecule has 0 aliphatic heterocycles.